The summed E-state index contributed by atoms with van der Waals surface area (Å²) < 4.78 is 28.9. The van der Waals surface area contributed by atoms with Gasteiger partial charge in [-0.3, -0.25) is 15.0 Å². The number of benzene rings is 2. The van der Waals surface area contributed by atoms with E-state index in [1.54, 1.807) is 13.2 Å². The van der Waals surface area contributed by atoms with Crippen molar-refractivity contribution in [2.75, 3.05) is 38.8 Å². The van der Waals surface area contributed by atoms with Crippen LogP contribution in [-0.4, -0.2) is 54.3 Å². The van der Waals surface area contributed by atoms with Gasteiger partial charge in [-0.25, -0.2) is 4.39 Å². The van der Waals surface area contributed by atoms with Crippen LogP contribution in [0.1, 0.15) is 18.4 Å². The lowest BCUT2D eigenvalue weighted by atomic mass is 10.0. The predicted molar refractivity (Wildman–Crippen MR) is 117 cm³/mol. The van der Waals surface area contributed by atoms with Gasteiger partial charge in [0.15, 0.2) is 17.1 Å². The van der Waals surface area contributed by atoms with Crippen molar-refractivity contribution in [3.63, 3.8) is 0 Å². The number of nitro groups is 1. The van der Waals surface area contributed by atoms with E-state index in [0.717, 1.165) is 38.0 Å². The predicted octanol–water partition coefficient (Wildman–Crippen LogP) is 4.17. The third-order valence-electron chi connectivity index (χ3n) is 5.47. The molecule has 0 amide bonds. The normalized spacial score (nSPS) is 15.1. The molecule has 0 atom stereocenters. The number of methoxy groups -OCH3 is 1. The SMILES string of the molecule is COc1ccc(CN2CCC(Nc3nc4cc([N+](=O)[O-])ccc4o3)CC2)cc1OCCF. The van der Waals surface area contributed by atoms with Crippen molar-refractivity contribution in [3.05, 3.63) is 52.1 Å². The number of aromatic nitrogens is 1. The summed E-state index contributed by atoms with van der Waals surface area (Å²) in [6.45, 7) is 1.98. The summed E-state index contributed by atoms with van der Waals surface area (Å²) in [6, 6.07) is 10.7. The van der Waals surface area contributed by atoms with Crippen molar-refractivity contribution in [1.82, 2.24) is 9.88 Å². The van der Waals surface area contributed by atoms with Crippen LogP contribution in [0.2, 0.25) is 0 Å². The molecular formula is C22H25FN4O5. The lowest BCUT2D eigenvalue weighted by Crippen LogP contribution is -2.38. The topological polar surface area (TPSA) is 103 Å². The molecule has 1 fully saturated rings. The number of nitrogens with zero attached hydrogens (tertiary/aromatic N) is 3. The van der Waals surface area contributed by atoms with Crippen molar-refractivity contribution < 1.29 is 23.2 Å². The number of hydrogen-bond donors (Lipinski definition) is 1. The molecule has 10 heteroatoms. The smallest absolute Gasteiger partial charge is 0.295 e. The quantitative estimate of drug-likeness (QED) is 0.388. The van der Waals surface area contributed by atoms with Gasteiger partial charge in [0, 0.05) is 37.8 Å². The minimum Gasteiger partial charge on any atom is -0.493 e. The summed E-state index contributed by atoms with van der Waals surface area (Å²) in [7, 11) is 1.56. The maximum Gasteiger partial charge on any atom is 0.295 e. The molecular weight excluding hydrogens is 419 g/mol. The second kappa shape index (κ2) is 9.82. The Balaban J connectivity index is 1.32. The van der Waals surface area contributed by atoms with Gasteiger partial charge in [-0.05, 0) is 36.6 Å². The first-order chi connectivity index (χ1) is 15.6. The van der Waals surface area contributed by atoms with Gasteiger partial charge in [0.25, 0.3) is 11.7 Å². The second-order valence-electron chi connectivity index (χ2n) is 7.65. The average Bonchev–Trinajstić information content (AvgIpc) is 3.20. The Kier molecular flexibility index (Phi) is 6.69. The highest BCUT2D eigenvalue weighted by Gasteiger charge is 2.21. The molecule has 0 radical (unpaired) electrons. The van der Waals surface area contributed by atoms with E-state index in [9.17, 15) is 14.5 Å². The Hall–Kier alpha value is -3.40. The number of rotatable bonds is 9. The van der Waals surface area contributed by atoms with Crippen LogP contribution in [0.5, 0.6) is 11.5 Å². The maximum atomic E-state index is 12.5. The first-order valence-corrected chi connectivity index (χ1v) is 10.5. The summed E-state index contributed by atoms with van der Waals surface area (Å²) in [5, 5.41) is 14.2. The molecule has 1 saturated heterocycles. The molecule has 3 aromatic rings. The van der Waals surface area contributed by atoms with Gasteiger partial charge in [-0.15, -0.1) is 0 Å². The number of alkyl halides is 1. The Bertz CT molecular complexity index is 1080. The van der Waals surface area contributed by atoms with Crippen molar-refractivity contribution in [2.45, 2.75) is 25.4 Å². The third kappa shape index (κ3) is 5.08. The zero-order chi connectivity index (χ0) is 22.5. The molecule has 9 nitrogen and oxygen atoms in total. The number of halogens is 1. The molecule has 2 aromatic carbocycles. The van der Waals surface area contributed by atoms with Crippen LogP contribution in [-0.2, 0) is 6.54 Å². The van der Waals surface area contributed by atoms with E-state index in [4.69, 9.17) is 13.9 Å². The first kappa shape index (κ1) is 21.8. The molecule has 0 aliphatic carbocycles. The first-order valence-electron chi connectivity index (χ1n) is 10.5. The van der Waals surface area contributed by atoms with E-state index in [-0.39, 0.29) is 18.3 Å². The van der Waals surface area contributed by atoms with E-state index < -0.39 is 11.6 Å². The van der Waals surface area contributed by atoms with E-state index in [0.29, 0.717) is 28.6 Å². The highest BCUT2D eigenvalue weighted by Crippen LogP contribution is 2.29. The molecule has 1 aliphatic heterocycles. The number of piperidine rings is 1. The fourth-order valence-electron chi connectivity index (χ4n) is 3.84. The highest BCUT2D eigenvalue weighted by atomic mass is 19.1. The number of nitrogens with one attached hydrogen (secondary N) is 1. The molecule has 1 N–H and O–H groups in total. The molecule has 1 aromatic heterocycles. The average molecular weight is 444 g/mol. The second-order valence-corrected chi connectivity index (χ2v) is 7.65. The van der Waals surface area contributed by atoms with Gasteiger partial charge in [0.2, 0.25) is 0 Å². The minimum atomic E-state index is -0.551. The van der Waals surface area contributed by atoms with Crippen molar-refractivity contribution in [2.24, 2.45) is 0 Å². The largest absolute Gasteiger partial charge is 0.493 e. The van der Waals surface area contributed by atoms with Crippen molar-refractivity contribution in [3.8, 4) is 11.5 Å². The molecule has 2 heterocycles. The lowest BCUT2D eigenvalue weighted by Gasteiger charge is -2.32. The summed E-state index contributed by atoms with van der Waals surface area (Å²) >= 11 is 0. The summed E-state index contributed by atoms with van der Waals surface area (Å²) in [5.74, 6) is 1.14. The summed E-state index contributed by atoms with van der Waals surface area (Å²) in [4.78, 5) is 17.2. The van der Waals surface area contributed by atoms with Crippen molar-refractivity contribution >= 4 is 22.8 Å². The Morgan fingerprint density at radius 3 is 2.78 bits per heavy atom. The molecule has 0 unspecified atom stereocenters. The maximum absolute atomic E-state index is 12.5. The van der Waals surface area contributed by atoms with E-state index in [2.05, 4.69) is 15.2 Å². The fourth-order valence-corrected chi connectivity index (χ4v) is 3.84. The Morgan fingerprint density at radius 2 is 2.06 bits per heavy atom. The number of hydrogen-bond acceptors (Lipinski definition) is 8. The number of likely N-dealkylation sites (tertiary alicyclic amines) is 1. The van der Waals surface area contributed by atoms with E-state index in [1.165, 1.54) is 12.1 Å². The highest BCUT2D eigenvalue weighted by molar-refractivity contribution is 5.77. The zero-order valence-corrected chi connectivity index (χ0v) is 17.8. The number of non-ortho nitro benzene ring substituents is 1. The van der Waals surface area contributed by atoms with Gasteiger partial charge in [-0.1, -0.05) is 6.07 Å². The van der Waals surface area contributed by atoms with Gasteiger partial charge in [0.05, 0.1) is 12.0 Å². The fraction of sp³-hybridized carbons (Fsp3) is 0.409. The number of fused-ring (bicyclic) bond motifs is 1. The summed E-state index contributed by atoms with van der Waals surface area (Å²) in [6.07, 6.45) is 1.81. The summed E-state index contributed by atoms with van der Waals surface area (Å²) in [5.41, 5.74) is 2.04. The molecule has 0 bridgehead atoms. The van der Waals surface area contributed by atoms with Gasteiger partial charge >= 0.3 is 0 Å². The van der Waals surface area contributed by atoms with Crippen LogP contribution in [0, 0.1) is 10.1 Å². The Morgan fingerprint density at radius 1 is 1.25 bits per heavy atom. The van der Waals surface area contributed by atoms with Gasteiger partial charge in [0.1, 0.15) is 18.8 Å². The lowest BCUT2D eigenvalue weighted by molar-refractivity contribution is -0.384. The van der Waals surface area contributed by atoms with Crippen LogP contribution >= 0.6 is 0 Å². The van der Waals surface area contributed by atoms with Crippen LogP contribution in [0.3, 0.4) is 0 Å². The number of nitro benzene ring substituents is 1. The van der Waals surface area contributed by atoms with Crippen LogP contribution in [0.25, 0.3) is 11.1 Å². The van der Waals surface area contributed by atoms with Crippen LogP contribution in [0.15, 0.2) is 40.8 Å². The zero-order valence-electron chi connectivity index (χ0n) is 17.8. The van der Waals surface area contributed by atoms with Gasteiger partial charge < -0.3 is 19.2 Å². The van der Waals surface area contributed by atoms with Crippen LogP contribution < -0.4 is 14.8 Å². The van der Waals surface area contributed by atoms with E-state index >= 15 is 0 Å². The molecule has 32 heavy (non-hydrogen) atoms. The molecule has 1 aliphatic rings. The van der Waals surface area contributed by atoms with E-state index in [1.807, 2.05) is 18.2 Å². The Labute approximate surface area is 184 Å². The van der Waals surface area contributed by atoms with Crippen LogP contribution in [0.4, 0.5) is 16.1 Å². The molecule has 170 valence electrons. The molecule has 0 saturated carbocycles. The number of oxazole rings is 1. The third-order valence-corrected chi connectivity index (χ3v) is 5.47. The minimum absolute atomic E-state index is 0.0000488. The molecule has 4 rings (SSSR count). The van der Waals surface area contributed by atoms with Gasteiger partial charge in [-0.2, -0.15) is 4.98 Å². The standard InChI is InChI=1S/C22H25FN4O5/c1-30-20-4-2-15(12-21(20)31-11-8-23)14-26-9-6-16(7-10-26)24-22-25-18-13-17(27(28)29)3-5-19(18)32-22/h2-5,12-13,16H,6-11,14H2,1H3,(H,24,25). The number of ether oxygens (including phenoxy) is 2. The monoisotopic (exact) mass is 444 g/mol. The van der Waals surface area contributed by atoms with Crippen molar-refractivity contribution in [1.29, 1.82) is 0 Å². The number of anilines is 1. The molecule has 0 spiro atoms.